The van der Waals surface area contributed by atoms with Crippen LogP contribution in [0.5, 0.6) is 11.5 Å². The van der Waals surface area contributed by atoms with E-state index in [4.69, 9.17) is 21.1 Å². The van der Waals surface area contributed by atoms with Crippen LogP contribution in [-0.2, 0) is 14.4 Å². The van der Waals surface area contributed by atoms with Crippen molar-refractivity contribution in [1.29, 1.82) is 0 Å². The molecule has 0 atom stereocenters. The molecule has 0 aromatic heterocycles. The van der Waals surface area contributed by atoms with Gasteiger partial charge in [-0.3, -0.25) is 14.4 Å². The Bertz CT molecular complexity index is 577. The molecule has 0 aliphatic heterocycles. The Labute approximate surface area is 127 Å². The molecule has 21 heavy (non-hydrogen) atoms. The van der Waals surface area contributed by atoms with Crippen LogP contribution in [0.25, 0.3) is 6.08 Å². The van der Waals surface area contributed by atoms with Crippen LogP contribution in [0, 0.1) is 0 Å². The van der Waals surface area contributed by atoms with Gasteiger partial charge in [0, 0.05) is 12.8 Å². The van der Waals surface area contributed by atoms with E-state index in [0.29, 0.717) is 5.56 Å². The van der Waals surface area contributed by atoms with Crippen molar-refractivity contribution < 1.29 is 23.9 Å². The lowest BCUT2D eigenvalue weighted by Gasteiger charge is -2.10. The highest BCUT2D eigenvalue weighted by molar-refractivity contribution is 6.66. The summed E-state index contributed by atoms with van der Waals surface area (Å²) in [6.07, 6.45) is 3.01. The van der Waals surface area contributed by atoms with E-state index in [9.17, 15) is 14.4 Å². The van der Waals surface area contributed by atoms with Gasteiger partial charge in [-0.05, 0) is 35.4 Å². The number of carbonyl (C=O) groups is 3. The van der Waals surface area contributed by atoms with E-state index in [-0.39, 0.29) is 24.3 Å². The third-order valence-electron chi connectivity index (χ3n) is 2.40. The zero-order valence-electron chi connectivity index (χ0n) is 11.7. The molecule has 6 heteroatoms. The topological polar surface area (TPSA) is 69.7 Å². The molecular weight excluding hydrogens is 296 g/mol. The van der Waals surface area contributed by atoms with Gasteiger partial charge in [0.15, 0.2) is 11.5 Å². The van der Waals surface area contributed by atoms with Crippen LogP contribution in [0.3, 0.4) is 0 Å². The van der Waals surface area contributed by atoms with Crippen LogP contribution < -0.4 is 9.47 Å². The number of ether oxygens (including phenoxy) is 2. The van der Waals surface area contributed by atoms with Gasteiger partial charge >= 0.3 is 11.9 Å². The first-order chi connectivity index (χ1) is 9.96. The molecule has 0 radical (unpaired) electrons. The average Bonchev–Trinajstić information content (AvgIpc) is 2.46. The average molecular weight is 311 g/mol. The van der Waals surface area contributed by atoms with Gasteiger partial charge in [-0.2, -0.15) is 0 Å². The normalized spacial score (nSPS) is 10.4. The summed E-state index contributed by atoms with van der Waals surface area (Å²) in [7, 11) is 0. The van der Waals surface area contributed by atoms with Crippen LogP contribution in [0.4, 0.5) is 0 Å². The highest BCUT2D eigenvalue weighted by atomic mass is 35.5. The van der Waals surface area contributed by atoms with Crippen LogP contribution in [0.1, 0.15) is 32.3 Å². The second kappa shape index (κ2) is 8.21. The lowest BCUT2D eigenvalue weighted by Crippen LogP contribution is -2.10. The van der Waals surface area contributed by atoms with E-state index in [1.54, 1.807) is 19.9 Å². The van der Waals surface area contributed by atoms with Crippen molar-refractivity contribution in [2.75, 3.05) is 0 Å². The maximum atomic E-state index is 11.4. The minimum Gasteiger partial charge on any atom is -0.423 e. The molecule has 0 aliphatic rings. The Balaban J connectivity index is 3.09. The minimum absolute atomic E-state index is 0.118. The zero-order chi connectivity index (χ0) is 15.8. The summed E-state index contributed by atoms with van der Waals surface area (Å²) in [5, 5.41) is -0.622. The van der Waals surface area contributed by atoms with Gasteiger partial charge in [-0.25, -0.2) is 0 Å². The summed E-state index contributed by atoms with van der Waals surface area (Å²) in [4.78, 5) is 33.5. The number of carbonyl (C=O) groups excluding carboxylic acids is 3. The molecule has 0 unspecified atom stereocenters. The van der Waals surface area contributed by atoms with Crippen molar-refractivity contribution in [3.05, 3.63) is 29.8 Å². The molecule has 0 aliphatic carbocycles. The molecule has 0 heterocycles. The molecule has 0 spiro atoms. The SMILES string of the molecule is CCC(=O)Oc1ccc(/C=C/C(=O)Cl)cc1OC(=O)CC. The quantitative estimate of drug-likeness (QED) is 0.349. The lowest BCUT2D eigenvalue weighted by molar-refractivity contribution is -0.136. The molecule has 112 valence electrons. The summed E-state index contributed by atoms with van der Waals surface area (Å²) >= 11 is 5.21. The minimum atomic E-state index is -0.622. The van der Waals surface area contributed by atoms with Crippen molar-refractivity contribution in [1.82, 2.24) is 0 Å². The van der Waals surface area contributed by atoms with Crippen LogP contribution in [0.2, 0.25) is 0 Å². The van der Waals surface area contributed by atoms with Gasteiger partial charge in [0.05, 0.1) is 0 Å². The van der Waals surface area contributed by atoms with Crippen LogP contribution in [-0.4, -0.2) is 17.2 Å². The first-order valence-corrected chi connectivity index (χ1v) is 6.77. The van der Waals surface area contributed by atoms with Crippen molar-refractivity contribution in [2.24, 2.45) is 0 Å². The van der Waals surface area contributed by atoms with E-state index in [1.165, 1.54) is 24.3 Å². The zero-order valence-corrected chi connectivity index (χ0v) is 12.5. The second-order valence-corrected chi connectivity index (χ2v) is 4.37. The predicted octanol–water partition coefficient (Wildman–Crippen LogP) is 3.10. The van der Waals surface area contributed by atoms with Gasteiger partial charge in [-0.15, -0.1) is 0 Å². The van der Waals surface area contributed by atoms with Crippen molar-refractivity contribution >= 4 is 34.9 Å². The third-order valence-corrected chi connectivity index (χ3v) is 2.53. The Morgan fingerprint density at radius 2 is 1.62 bits per heavy atom. The molecule has 0 saturated heterocycles. The number of benzene rings is 1. The maximum absolute atomic E-state index is 11.4. The Hall–Kier alpha value is -2.14. The Kier molecular flexibility index (Phi) is 6.62. The number of hydrogen-bond acceptors (Lipinski definition) is 5. The molecule has 0 N–H and O–H groups in total. The molecule has 1 aromatic carbocycles. The van der Waals surface area contributed by atoms with Gasteiger partial charge in [-0.1, -0.05) is 26.0 Å². The van der Waals surface area contributed by atoms with Crippen LogP contribution in [0.15, 0.2) is 24.3 Å². The molecular formula is C15H15ClO5. The number of halogens is 1. The third kappa shape index (κ3) is 5.79. The molecule has 1 rings (SSSR count). The molecule has 5 nitrogen and oxygen atoms in total. The number of esters is 2. The summed E-state index contributed by atoms with van der Waals surface area (Å²) in [5.74, 6) is -0.632. The van der Waals surface area contributed by atoms with Crippen molar-refractivity contribution in [3.63, 3.8) is 0 Å². The summed E-state index contributed by atoms with van der Waals surface area (Å²) in [5.41, 5.74) is 0.583. The highest BCUT2D eigenvalue weighted by Gasteiger charge is 2.12. The molecule has 1 aromatic rings. The van der Waals surface area contributed by atoms with Crippen LogP contribution >= 0.6 is 11.6 Å². The van der Waals surface area contributed by atoms with Gasteiger partial charge in [0.1, 0.15) is 0 Å². The van der Waals surface area contributed by atoms with Gasteiger partial charge in [0.2, 0.25) is 5.24 Å². The fourth-order valence-electron chi connectivity index (χ4n) is 1.34. The predicted molar refractivity (Wildman–Crippen MR) is 78.2 cm³/mol. The van der Waals surface area contributed by atoms with Gasteiger partial charge < -0.3 is 9.47 Å². The monoisotopic (exact) mass is 310 g/mol. The van der Waals surface area contributed by atoms with E-state index in [2.05, 4.69) is 0 Å². The van der Waals surface area contributed by atoms with E-state index < -0.39 is 17.2 Å². The standard InChI is InChI=1S/C15H15ClO5/c1-3-14(18)20-11-7-5-10(6-8-13(16)17)9-12(11)21-15(19)4-2/h5-9H,3-4H2,1-2H3/b8-6+. The number of allylic oxidation sites excluding steroid dienone is 1. The largest absolute Gasteiger partial charge is 0.423 e. The van der Waals surface area contributed by atoms with Crippen molar-refractivity contribution in [2.45, 2.75) is 26.7 Å². The van der Waals surface area contributed by atoms with Crippen molar-refractivity contribution in [3.8, 4) is 11.5 Å². The molecule has 0 bridgehead atoms. The maximum Gasteiger partial charge on any atom is 0.311 e. The summed E-state index contributed by atoms with van der Waals surface area (Å²) in [6.45, 7) is 3.30. The fraction of sp³-hybridized carbons (Fsp3) is 0.267. The molecule has 0 amide bonds. The lowest BCUT2D eigenvalue weighted by atomic mass is 10.2. The highest BCUT2D eigenvalue weighted by Crippen LogP contribution is 2.29. The fourth-order valence-corrected chi connectivity index (χ4v) is 1.41. The second-order valence-electron chi connectivity index (χ2n) is 4.00. The van der Waals surface area contributed by atoms with Gasteiger partial charge in [0.25, 0.3) is 0 Å². The molecule has 0 fully saturated rings. The molecule has 0 saturated carbocycles. The summed E-state index contributed by atoms with van der Waals surface area (Å²) < 4.78 is 10.2. The van der Waals surface area contributed by atoms with E-state index in [1.807, 2.05) is 0 Å². The Morgan fingerprint density at radius 3 is 2.14 bits per heavy atom. The Morgan fingerprint density at radius 1 is 1.05 bits per heavy atom. The first kappa shape index (κ1) is 16.9. The van der Waals surface area contributed by atoms with E-state index >= 15 is 0 Å². The van der Waals surface area contributed by atoms with E-state index in [0.717, 1.165) is 0 Å². The number of rotatable bonds is 6. The summed E-state index contributed by atoms with van der Waals surface area (Å²) in [6, 6.07) is 4.59. The number of hydrogen-bond donors (Lipinski definition) is 0. The first-order valence-electron chi connectivity index (χ1n) is 6.39. The smallest absolute Gasteiger partial charge is 0.311 e.